The minimum Gasteiger partial charge on any atom is -0.459 e. The maximum Gasteiger partial charge on any atom is 0.134 e. The van der Waals surface area contributed by atoms with Gasteiger partial charge in [-0.25, -0.2) is 4.39 Å². The Morgan fingerprint density at radius 2 is 2.14 bits per heavy atom. The van der Waals surface area contributed by atoms with Crippen LogP contribution in [0.4, 0.5) is 4.39 Å². The van der Waals surface area contributed by atoms with Gasteiger partial charge in [-0.2, -0.15) is 0 Å². The molecule has 0 fully saturated rings. The zero-order valence-electron chi connectivity index (χ0n) is 11.7. The molecule has 0 saturated heterocycles. The number of furan rings is 1. The van der Waals surface area contributed by atoms with E-state index in [0.717, 1.165) is 32.5 Å². The van der Waals surface area contributed by atoms with Crippen LogP contribution in [0.3, 0.4) is 0 Å². The van der Waals surface area contributed by atoms with Gasteiger partial charge >= 0.3 is 0 Å². The molecule has 1 aromatic carbocycles. The average Bonchev–Trinajstić information content (AvgIpc) is 3.02. The van der Waals surface area contributed by atoms with E-state index in [9.17, 15) is 4.39 Å². The van der Waals surface area contributed by atoms with E-state index in [1.54, 1.807) is 6.07 Å². The Labute approximate surface area is 131 Å². The van der Waals surface area contributed by atoms with E-state index >= 15 is 0 Å². The summed E-state index contributed by atoms with van der Waals surface area (Å²) in [5.41, 5.74) is 1.66. The lowest BCUT2D eigenvalue weighted by Gasteiger charge is -2.14. The minimum atomic E-state index is -0.253. The van der Waals surface area contributed by atoms with Gasteiger partial charge in [0, 0.05) is 15.8 Å². The average molecular weight is 324 g/mol. The number of fused-ring (bicyclic) bond motifs is 1. The molecule has 2 heterocycles. The third-order valence-corrected chi connectivity index (χ3v) is 4.78. The maximum absolute atomic E-state index is 13.4. The molecule has 0 aliphatic rings. The molecule has 21 heavy (non-hydrogen) atoms. The summed E-state index contributed by atoms with van der Waals surface area (Å²) in [5, 5.41) is 4.22. The Balaban J connectivity index is 2.13. The van der Waals surface area contributed by atoms with Gasteiger partial charge in [0.15, 0.2) is 0 Å². The van der Waals surface area contributed by atoms with Crippen molar-refractivity contribution in [2.75, 3.05) is 6.54 Å². The highest BCUT2D eigenvalue weighted by Gasteiger charge is 2.23. The fourth-order valence-corrected chi connectivity index (χ4v) is 3.63. The predicted octanol–water partition coefficient (Wildman–Crippen LogP) is 5.29. The molecule has 110 valence electrons. The molecule has 0 amide bonds. The van der Waals surface area contributed by atoms with Crippen LogP contribution in [0.2, 0.25) is 4.34 Å². The number of aryl methyl sites for hydroxylation is 1. The number of hydrogen-bond acceptors (Lipinski definition) is 3. The first-order valence-corrected chi connectivity index (χ1v) is 7.96. The molecule has 1 atom stereocenters. The van der Waals surface area contributed by atoms with Gasteiger partial charge in [-0.1, -0.05) is 18.5 Å². The summed E-state index contributed by atoms with van der Waals surface area (Å²) >= 11 is 7.56. The number of rotatable bonds is 4. The Hall–Kier alpha value is -1.36. The number of halogens is 2. The van der Waals surface area contributed by atoms with Gasteiger partial charge in [-0.05, 0) is 43.8 Å². The first-order chi connectivity index (χ1) is 10.1. The van der Waals surface area contributed by atoms with Crippen molar-refractivity contribution in [1.29, 1.82) is 0 Å². The molecule has 0 aliphatic carbocycles. The van der Waals surface area contributed by atoms with Crippen molar-refractivity contribution in [3.8, 4) is 0 Å². The normalized spacial score (nSPS) is 13.0. The summed E-state index contributed by atoms with van der Waals surface area (Å²) in [6, 6.07) is 8.41. The number of nitrogens with one attached hydrogen (secondary N) is 1. The molecule has 0 aliphatic heterocycles. The van der Waals surface area contributed by atoms with Crippen LogP contribution in [0, 0.1) is 12.7 Å². The van der Waals surface area contributed by atoms with Crippen LogP contribution in [0.5, 0.6) is 0 Å². The van der Waals surface area contributed by atoms with E-state index in [4.69, 9.17) is 16.0 Å². The summed E-state index contributed by atoms with van der Waals surface area (Å²) in [7, 11) is 0. The van der Waals surface area contributed by atoms with Gasteiger partial charge in [0.2, 0.25) is 0 Å². The van der Waals surface area contributed by atoms with Gasteiger partial charge in [0.1, 0.15) is 23.2 Å². The van der Waals surface area contributed by atoms with Crippen molar-refractivity contribution < 1.29 is 8.81 Å². The van der Waals surface area contributed by atoms with Crippen LogP contribution < -0.4 is 5.32 Å². The van der Waals surface area contributed by atoms with Crippen LogP contribution in [0.15, 0.2) is 34.7 Å². The molecule has 0 radical (unpaired) electrons. The lowest BCUT2D eigenvalue weighted by Crippen LogP contribution is -2.21. The van der Waals surface area contributed by atoms with E-state index < -0.39 is 0 Å². The topological polar surface area (TPSA) is 25.2 Å². The van der Waals surface area contributed by atoms with Crippen LogP contribution in [0.25, 0.3) is 11.0 Å². The largest absolute Gasteiger partial charge is 0.459 e. The highest BCUT2D eigenvalue weighted by Crippen LogP contribution is 2.36. The Morgan fingerprint density at radius 3 is 2.81 bits per heavy atom. The first-order valence-electron chi connectivity index (χ1n) is 6.77. The summed E-state index contributed by atoms with van der Waals surface area (Å²) in [6.07, 6.45) is 0. The fraction of sp³-hybridized carbons (Fsp3) is 0.250. The van der Waals surface area contributed by atoms with Crippen LogP contribution in [-0.4, -0.2) is 6.54 Å². The van der Waals surface area contributed by atoms with Gasteiger partial charge in [-0.3, -0.25) is 0 Å². The van der Waals surface area contributed by atoms with Crippen molar-refractivity contribution in [1.82, 2.24) is 5.32 Å². The summed E-state index contributed by atoms with van der Waals surface area (Å²) < 4.78 is 20.1. The van der Waals surface area contributed by atoms with Crippen molar-refractivity contribution >= 4 is 33.9 Å². The molecular weight excluding hydrogens is 309 g/mol. The third kappa shape index (κ3) is 2.71. The maximum atomic E-state index is 13.4. The number of thiophene rings is 1. The summed E-state index contributed by atoms with van der Waals surface area (Å²) in [6.45, 7) is 4.80. The van der Waals surface area contributed by atoms with E-state index in [-0.39, 0.29) is 11.9 Å². The Bertz CT molecular complexity index is 780. The molecule has 3 rings (SSSR count). The summed E-state index contributed by atoms with van der Waals surface area (Å²) in [4.78, 5) is 1.09. The highest BCUT2D eigenvalue weighted by molar-refractivity contribution is 7.16. The second-order valence-electron chi connectivity index (χ2n) is 4.86. The lowest BCUT2D eigenvalue weighted by atomic mass is 10.1. The molecule has 0 saturated carbocycles. The molecule has 1 N–H and O–H groups in total. The second kappa shape index (κ2) is 5.79. The fourth-order valence-electron chi connectivity index (χ4n) is 2.50. The molecule has 0 spiro atoms. The van der Waals surface area contributed by atoms with Crippen molar-refractivity contribution in [3.05, 3.63) is 56.7 Å². The molecule has 2 nitrogen and oxygen atoms in total. The second-order valence-corrected chi connectivity index (χ2v) is 6.61. The van der Waals surface area contributed by atoms with Crippen molar-refractivity contribution in [3.63, 3.8) is 0 Å². The van der Waals surface area contributed by atoms with E-state index in [0.29, 0.717) is 5.58 Å². The monoisotopic (exact) mass is 323 g/mol. The standard InChI is InChI=1S/C16H15ClFNOS/c1-3-19-15(13-6-7-14(17)21-13)16-9(2)11-8-10(18)4-5-12(11)20-16/h4-8,15,19H,3H2,1-2H3. The summed E-state index contributed by atoms with van der Waals surface area (Å²) in [5.74, 6) is 0.563. The number of hydrogen-bond donors (Lipinski definition) is 1. The molecule has 1 unspecified atom stereocenters. The van der Waals surface area contributed by atoms with Crippen LogP contribution >= 0.6 is 22.9 Å². The van der Waals surface area contributed by atoms with Gasteiger partial charge in [0.05, 0.1) is 4.34 Å². The lowest BCUT2D eigenvalue weighted by molar-refractivity contribution is 0.477. The zero-order chi connectivity index (χ0) is 15.0. The number of benzene rings is 1. The smallest absolute Gasteiger partial charge is 0.134 e. The van der Waals surface area contributed by atoms with Crippen molar-refractivity contribution in [2.24, 2.45) is 0 Å². The SMILES string of the molecule is CCNC(c1ccc(Cl)s1)c1oc2ccc(F)cc2c1C. The van der Waals surface area contributed by atoms with Crippen molar-refractivity contribution in [2.45, 2.75) is 19.9 Å². The molecule has 0 bridgehead atoms. The quantitative estimate of drug-likeness (QED) is 0.705. The van der Waals surface area contributed by atoms with Crippen LogP contribution in [-0.2, 0) is 0 Å². The van der Waals surface area contributed by atoms with Gasteiger partial charge < -0.3 is 9.73 Å². The Morgan fingerprint density at radius 1 is 1.33 bits per heavy atom. The van der Waals surface area contributed by atoms with Gasteiger partial charge in [0.25, 0.3) is 0 Å². The van der Waals surface area contributed by atoms with Gasteiger partial charge in [-0.15, -0.1) is 11.3 Å². The first kappa shape index (κ1) is 14.6. The molecule has 2 aromatic heterocycles. The molecule has 3 aromatic rings. The van der Waals surface area contributed by atoms with Crippen LogP contribution in [0.1, 0.15) is 29.2 Å². The predicted molar refractivity (Wildman–Crippen MR) is 85.8 cm³/mol. The third-order valence-electron chi connectivity index (χ3n) is 3.48. The minimum absolute atomic E-state index is 0.0667. The molecule has 5 heteroatoms. The highest BCUT2D eigenvalue weighted by atomic mass is 35.5. The van der Waals surface area contributed by atoms with E-state index in [1.807, 2.05) is 26.0 Å². The molecular formula is C16H15ClFNOS. The Kier molecular flexibility index (Phi) is 4.02. The van der Waals surface area contributed by atoms with E-state index in [2.05, 4.69) is 5.32 Å². The zero-order valence-corrected chi connectivity index (χ0v) is 13.3. The van der Waals surface area contributed by atoms with E-state index in [1.165, 1.54) is 23.5 Å².